The molecule has 33 heavy (non-hydrogen) atoms. The molecule has 0 saturated heterocycles. The Balaban J connectivity index is 1.65. The Labute approximate surface area is 198 Å². The summed E-state index contributed by atoms with van der Waals surface area (Å²) in [5, 5.41) is 16.1. The van der Waals surface area contributed by atoms with Gasteiger partial charge in [0.1, 0.15) is 22.9 Å². The molecular formula is C25H21BrN4O3. The third-order valence-corrected chi connectivity index (χ3v) is 5.92. The highest BCUT2D eigenvalue weighted by atomic mass is 79.9. The lowest BCUT2D eigenvalue weighted by atomic mass is 10.1. The highest BCUT2D eigenvalue weighted by Gasteiger charge is 2.23. The molecule has 0 atom stereocenters. The van der Waals surface area contributed by atoms with E-state index in [1.165, 1.54) is 0 Å². The first-order chi connectivity index (χ1) is 16.1. The van der Waals surface area contributed by atoms with Crippen molar-refractivity contribution >= 4 is 27.0 Å². The number of nitrogens with one attached hydrogen (secondary N) is 1. The van der Waals surface area contributed by atoms with Crippen LogP contribution < -0.4 is 9.47 Å². The fraction of sp³-hybridized carbons (Fsp3) is 0.120. The summed E-state index contributed by atoms with van der Waals surface area (Å²) in [4.78, 5) is 8.02. The number of imidazole rings is 1. The van der Waals surface area contributed by atoms with Crippen molar-refractivity contribution < 1.29 is 14.6 Å². The highest BCUT2D eigenvalue weighted by Crippen LogP contribution is 2.38. The van der Waals surface area contributed by atoms with Crippen LogP contribution in [0.3, 0.4) is 0 Å². The van der Waals surface area contributed by atoms with Crippen molar-refractivity contribution in [3.63, 3.8) is 0 Å². The average molecular weight is 505 g/mol. The second-order valence-corrected chi connectivity index (χ2v) is 8.45. The summed E-state index contributed by atoms with van der Waals surface area (Å²) in [7, 11) is 3.26. The van der Waals surface area contributed by atoms with Crippen LogP contribution in [0.15, 0.2) is 71.2 Å². The molecule has 2 N–H and O–H groups in total. The van der Waals surface area contributed by atoms with Crippen LogP contribution in [0, 0.1) is 0 Å². The predicted octanol–water partition coefficient (Wildman–Crippen LogP) is 5.63. The Kier molecular flexibility index (Phi) is 5.51. The lowest BCUT2D eigenvalue weighted by Crippen LogP contribution is -2.04. The zero-order valence-electron chi connectivity index (χ0n) is 18.0. The minimum absolute atomic E-state index is 0.0626. The zero-order chi connectivity index (χ0) is 22.9. The number of ether oxygens (including phenoxy) is 2. The fourth-order valence-corrected chi connectivity index (χ4v) is 4.16. The molecule has 0 aliphatic heterocycles. The molecule has 2 heterocycles. The summed E-state index contributed by atoms with van der Waals surface area (Å²) in [5.41, 5.74) is 4.39. The number of halogens is 1. The molecule has 0 radical (unpaired) electrons. The molecule has 2 aromatic heterocycles. The first-order valence-corrected chi connectivity index (χ1v) is 11.1. The van der Waals surface area contributed by atoms with Crippen LogP contribution in [-0.2, 0) is 6.54 Å². The van der Waals surface area contributed by atoms with E-state index in [4.69, 9.17) is 19.6 Å². The second-order valence-electron chi connectivity index (χ2n) is 7.53. The van der Waals surface area contributed by atoms with Gasteiger partial charge in [0.2, 0.25) is 0 Å². The fourth-order valence-electron chi connectivity index (χ4n) is 3.76. The summed E-state index contributed by atoms with van der Waals surface area (Å²) in [6.45, 7) is 0.446. The molecule has 0 aliphatic rings. The quantitative estimate of drug-likeness (QED) is 0.313. The molecule has 0 aliphatic carbocycles. The van der Waals surface area contributed by atoms with E-state index in [9.17, 15) is 5.11 Å². The molecular weight excluding hydrogens is 484 g/mol. The van der Waals surface area contributed by atoms with E-state index in [2.05, 4.69) is 20.9 Å². The number of hydrogen-bond donors (Lipinski definition) is 2. The molecule has 5 rings (SSSR count). The number of benzene rings is 3. The Hall–Kier alpha value is -3.78. The number of hydrogen-bond acceptors (Lipinski definition) is 5. The molecule has 0 bridgehead atoms. The van der Waals surface area contributed by atoms with Crippen molar-refractivity contribution in [1.29, 1.82) is 0 Å². The van der Waals surface area contributed by atoms with Crippen LogP contribution in [0.2, 0.25) is 0 Å². The summed E-state index contributed by atoms with van der Waals surface area (Å²) >= 11 is 3.50. The van der Waals surface area contributed by atoms with Gasteiger partial charge in [0, 0.05) is 16.1 Å². The highest BCUT2D eigenvalue weighted by molar-refractivity contribution is 9.10. The summed E-state index contributed by atoms with van der Waals surface area (Å²) in [6.07, 6.45) is 0. The van der Waals surface area contributed by atoms with Gasteiger partial charge in [-0.2, -0.15) is 5.10 Å². The second kappa shape index (κ2) is 8.63. The summed E-state index contributed by atoms with van der Waals surface area (Å²) in [6, 6.07) is 21.1. The van der Waals surface area contributed by atoms with Gasteiger partial charge >= 0.3 is 0 Å². The Morgan fingerprint density at radius 2 is 1.73 bits per heavy atom. The molecule has 7 nitrogen and oxygen atoms in total. The van der Waals surface area contributed by atoms with E-state index in [0.29, 0.717) is 23.8 Å². The molecule has 3 aromatic carbocycles. The van der Waals surface area contributed by atoms with E-state index in [0.717, 1.165) is 38.1 Å². The van der Waals surface area contributed by atoms with E-state index in [1.807, 2.05) is 66.7 Å². The van der Waals surface area contributed by atoms with Gasteiger partial charge in [-0.1, -0.05) is 40.2 Å². The molecule has 8 heteroatoms. The maximum absolute atomic E-state index is 11.3. The molecule has 166 valence electrons. The smallest absolute Gasteiger partial charge is 0.173 e. The monoisotopic (exact) mass is 504 g/mol. The molecule has 0 saturated carbocycles. The third-order valence-electron chi connectivity index (χ3n) is 5.43. The van der Waals surface area contributed by atoms with Crippen LogP contribution >= 0.6 is 15.9 Å². The Morgan fingerprint density at radius 3 is 2.45 bits per heavy atom. The van der Waals surface area contributed by atoms with Crippen molar-refractivity contribution in [3.05, 3.63) is 76.8 Å². The van der Waals surface area contributed by atoms with E-state index < -0.39 is 0 Å². The van der Waals surface area contributed by atoms with Crippen molar-refractivity contribution in [2.75, 3.05) is 14.2 Å². The number of aromatic amines is 1. The standard InChI is InChI=1S/C25H21BrN4O3/c1-32-18-8-6-15(7-9-18)14-30-23(24(31)22(29-30)16-4-3-5-17(26)12-16)25-27-20-11-10-19(33-2)13-21(20)28-25/h3-13,31H,14H2,1-2H3,(H,27,28). The summed E-state index contributed by atoms with van der Waals surface area (Å²) < 4.78 is 13.3. The molecule has 0 fully saturated rings. The van der Waals surface area contributed by atoms with Gasteiger partial charge in [-0.25, -0.2) is 4.98 Å². The number of H-pyrrole nitrogens is 1. The lowest BCUT2D eigenvalue weighted by Gasteiger charge is -2.07. The number of aromatic hydroxyl groups is 1. The number of aromatic nitrogens is 4. The third kappa shape index (κ3) is 4.05. The van der Waals surface area contributed by atoms with Crippen LogP contribution in [-0.4, -0.2) is 39.1 Å². The van der Waals surface area contributed by atoms with E-state index in [-0.39, 0.29) is 5.75 Å². The minimum Gasteiger partial charge on any atom is -0.504 e. The van der Waals surface area contributed by atoms with Gasteiger partial charge in [-0.3, -0.25) is 4.68 Å². The minimum atomic E-state index is 0.0626. The van der Waals surface area contributed by atoms with Gasteiger partial charge < -0.3 is 19.6 Å². The Bertz CT molecular complexity index is 1440. The average Bonchev–Trinajstić information content (AvgIpc) is 3.39. The lowest BCUT2D eigenvalue weighted by molar-refractivity contribution is 0.414. The number of rotatable bonds is 6. The SMILES string of the molecule is COc1ccc(Cn2nc(-c3cccc(Br)c3)c(O)c2-c2nc3ccc(OC)cc3[nH]2)cc1. The van der Waals surface area contributed by atoms with Crippen LogP contribution in [0.5, 0.6) is 17.2 Å². The topological polar surface area (TPSA) is 85.2 Å². The zero-order valence-corrected chi connectivity index (χ0v) is 19.6. The van der Waals surface area contributed by atoms with Gasteiger partial charge in [0.05, 0.1) is 31.8 Å². The first-order valence-electron chi connectivity index (χ1n) is 10.3. The van der Waals surface area contributed by atoms with Gasteiger partial charge in [-0.15, -0.1) is 0 Å². The predicted molar refractivity (Wildman–Crippen MR) is 131 cm³/mol. The number of methoxy groups -OCH3 is 2. The van der Waals surface area contributed by atoms with Crippen LogP contribution in [0.25, 0.3) is 33.8 Å². The van der Waals surface area contributed by atoms with Crippen LogP contribution in [0.1, 0.15) is 5.56 Å². The van der Waals surface area contributed by atoms with Gasteiger partial charge in [0.15, 0.2) is 11.6 Å². The van der Waals surface area contributed by atoms with E-state index >= 15 is 0 Å². The van der Waals surface area contributed by atoms with Gasteiger partial charge in [0.25, 0.3) is 0 Å². The number of nitrogens with zero attached hydrogens (tertiary/aromatic N) is 3. The van der Waals surface area contributed by atoms with Crippen LogP contribution in [0.4, 0.5) is 0 Å². The Morgan fingerprint density at radius 1 is 0.970 bits per heavy atom. The van der Waals surface area contributed by atoms with Gasteiger partial charge in [-0.05, 0) is 42.0 Å². The normalized spacial score (nSPS) is 11.1. The van der Waals surface area contributed by atoms with Crippen molar-refractivity contribution in [1.82, 2.24) is 19.7 Å². The molecule has 0 amide bonds. The molecule has 0 unspecified atom stereocenters. The van der Waals surface area contributed by atoms with E-state index in [1.54, 1.807) is 18.9 Å². The largest absolute Gasteiger partial charge is 0.504 e. The van der Waals surface area contributed by atoms with Crippen molar-refractivity contribution in [2.24, 2.45) is 0 Å². The van der Waals surface area contributed by atoms with Crippen molar-refractivity contribution in [3.8, 4) is 40.0 Å². The summed E-state index contributed by atoms with van der Waals surface area (Å²) in [5.74, 6) is 2.09. The molecule has 0 spiro atoms. The maximum atomic E-state index is 11.3. The first kappa shape index (κ1) is 21.1. The number of fused-ring (bicyclic) bond motifs is 1. The van der Waals surface area contributed by atoms with Crippen molar-refractivity contribution in [2.45, 2.75) is 6.54 Å². The molecule has 5 aromatic rings. The maximum Gasteiger partial charge on any atom is 0.173 e.